The van der Waals surface area contributed by atoms with Crippen molar-refractivity contribution in [1.29, 1.82) is 0 Å². The van der Waals surface area contributed by atoms with E-state index in [1.807, 2.05) is 0 Å². The highest BCUT2D eigenvalue weighted by Gasteiger charge is 2.25. The minimum Gasteiger partial charge on any atom is -0.460 e. The van der Waals surface area contributed by atoms with Gasteiger partial charge < -0.3 is 31.3 Å². The van der Waals surface area contributed by atoms with E-state index in [4.69, 9.17) is 38.8 Å². The van der Waals surface area contributed by atoms with Gasteiger partial charge in [-0.1, -0.05) is 47.5 Å². The third-order valence-corrected chi connectivity index (χ3v) is 5.05. The van der Waals surface area contributed by atoms with Crippen LogP contribution in [-0.2, 0) is 20.7 Å². The highest BCUT2D eigenvalue weighted by Crippen LogP contribution is 2.33. The second-order valence-corrected chi connectivity index (χ2v) is 7.67. The van der Waals surface area contributed by atoms with Crippen LogP contribution in [0.1, 0.15) is 12.5 Å². The Bertz CT molecular complexity index is 892. The molecule has 0 saturated heterocycles. The normalized spacial score (nSPS) is 13.7. The molecular formula is C21H25Cl2N3O5. The summed E-state index contributed by atoms with van der Waals surface area (Å²) < 4.78 is 5.31. The molecule has 1 amide bonds. The molecule has 0 aliphatic carbocycles. The Hall–Kier alpha value is -2.36. The second-order valence-electron chi connectivity index (χ2n) is 6.86. The Morgan fingerprint density at radius 1 is 1.13 bits per heavy atom. The van der Waals surface area contributed by atoms with Crippen molar-refractivity contribution in [2.24, 2.45) is 5.73 Å². The van der Waals surface area contributed by atoms with E-state index in [1.165, 1.54) is 6.92 Å². The van der Waals surface area contributed by atoms with Gasteiger partial charge in [-0.3, -0.25) is 9.59 Å². The molecule has 0 aliphatic heterocycles. The van der Waals surface area contributed by atoms with Crippen LogP contribution in [0.4, 0.5) is 11.4 Å². The van der Waals surface area contributed by atoms with E-state index in [0.717, 1.165) is 0 Å². The number of para-hydroxylation sites is 2. The number of carbonyl (C=O) groups excluding carboxylic acids is 2. The zero-order chi connectivity index (χ0) is 23.0. The van der Waals surface area contributed by atoms with Gasteiger partial charge in [-0.15, -0.1) is 0 Å². The molecule has 10 heteroatoms. The molecule has 0 heterocycles. The van der Waals surface area contributed by atoms with Crippen molar-refractivity contribution in [2.45, 2.75) is 31.6 Å². The lowest BCUT2D eigenvalue weighted by molar-refractivity contribution is -0.149. The minimum atomic E-state index is -1.13. The first-order valence-electron chi connectivity index (χ1n) is 9.53. The monoisotopic (exact) mass is 469 g/mol. The van der Waals surface area contributed by atoms with Crippen LogP contribution in [0.3, 0.4) is 0 Å². The van der Waals surface area contributed by atoms with Gasteiger partial charge in [0, 0.05) is 12.2 Å². The number of aliphatic hydroxyl groups is 2. The smallest absolute Gasteiger partial charge is 0.310 e. The SMILES string of the molecule is C[C@@H](OC(=O)Cc1ccccc1Nc1c(Cl)cccc1Cl)[C@H](N)C(=O)NCC(O)CO. The number of amides is 1. The molecule has 2 aromatic carbocycles. The van der Waals surface area contributed by atoms with E-state index in [0.29, 0.717) is 27.0 Å². The summed E-state index contributed by atoms with van der Waals surface area (Å²) in [6.07, 6.45) is -2.07. The first-order chi connectivity index (χ1) is 14.7. The molecule has 0 radical (unpaired) electrons. The molecule has 0 aliphatic rings. The van der Waals surface area contributed by atoms with Crippen molar-refractivity contribution in [1.82, 2.24) is 5.32 Å². The van der Waals surface area contributed by atoms with Crippen molar-refractivity contribution in [3.63, 3.8) is 0 Å². The van der Waals surface area contributed by atoms with Gasteiger partial charge >= 0.3 is 5.97 Å². The summed E-state index contributed by atoms with van der Waals surface area (Å²) in [5, 5.41) is 24.5. The Kier molecular flexibility index (Phi) is 9.54. The molecule has 8 nitrogen and oxygen atoms in total. The molecule has 2 aromatic rings. The fourth-order valence-electron chi connectivity index (χ4n) is 2.64. The maximum Gasteiger partial charge on any atom is 0.310 e. The van der Waals surface area contributed by atoms with Crippen LogP contribution in [0.5, 0.6) is 0 Å². The molecule has 0 saturated carbocycles. The van der Waals surface area contributed by atoms with Crippen LogP contribution in [0.15, 0.2) is 42.5 Å². The maximum atomic E-state index is 12.4. The van der Waals surface area contributed by atoms with Crippen molar-refractivity contribution in [3.05, 3.63) is 58.1 Å². The third kappa shape index (κ3) is 7.37. The standard InChI is InChI=1S/C21H25Cl2N3O5/c1-12(19(24)21(30)25-10-14(28)11-27)31-18(29)9-13-5-2-3-8-17(13)26-20-15(22)6-4-7-16(20)23/h2-8,12,14,19,26-28H,9-11,24H2,1H3,(H,25,30)/t12-,14?,19+/m1/s1. The summed E-state index contributed by atoms with van der Waals surface area (Å²) in [5.41, 5.74) is 7.60. The highest BCUT2D eigenvalue weighted by molar-refractivity contribution is 6.39. The minimum absolute atomic E-state index is 0.0762. The van der Waals surface area contributed by atoms with Gasteiger partial charge in [0.1, 0.15) is 12.1 Å². The average Bonchev–Trinajstić information content (AvgIpc) is 2.74. The third-order valence-electron chi connectivity index (χ3n) is 4.42. The van der Waals surface area contributed by atoms with Gasteiger partial charge in [0.25, 0.3) is 0 Å². The summed E-state index contributed by atoms with van der Waals surface area (Å²) in [6.45, 7) is 0.846. The number of nitrogens with two attached hydrogens (primary N) is 1. The molecule has 0 aromatic heterocycles. The largest absolute Gasteiger partial charge is 0.460 e. The van der Waals surface area contributed by atoms with E-state index >= 15 is 0 Å². The quantitative estimate of drug-likeness (QED) is 0.336. The first-order valence-corrected chi connectivity index (χ1v) is 10.3. The fourth-order valence-corrected chi connectivity index (χ4v) is 3.13. The topological polar surface area (TPSA) is 134 Å². The molecule has 0 bridgehead atoms. The number of hydrogen-bond donors (Lipinski definition) is 5. The molecule has 0 fully saturated rings. The van der Waals surface area contributed by atoms with Gasteiger partial charge in [0.2, 0.25) is 5.91 Å². The summed E-state index contributed by atoms with van der Waals surface area (Å²) in [6, 6.07) is 11.1. The van der Waals surface area contributed by atoms with E-state index < -0.39 is 36.7 Å². The number of benzene rings is 2. The van der Waals surface area contributed by atoms with Crippen molar-refractivity contribution in [3.8, 4) is 0 Å². The van der Waals surface area contributed by atoms with Crippen molar-refractivity contribution < 1.29 is 24.5 Å². The van der Waals surface area contributed by atoms with E-state index in [1.54, 1.807) is 42.5 Å². The highest BCUT2D eigenvalue weighted by atomic mass is 35.5. The lowest BCUT2D eigenvalue weighted by atomic mass is 10.1. The molecule has 2 rings (SSSR count). The zero-order valence-electron chi connectivity index (χ0n) is 16.8. The molecular weight excluding hydrogens is 445 g/mol. The van der Waals surface area contributed by atoms with Crippen LogP contribution in [0.2, 0.25) is 10.0 Å². The number of halogens is 2. The Labute approximate surface area is 190 Å². The maximum absolute atomic E-state index is 12.4. The van der Waals surface area contributed by atoms with Crippen molar-refractivity contribution >= 4 is 46.5 Å². The molecule has 1 unspecified atom stereocenters. The summed E-state index contributed by atoms with van der Waals surface area (Å²) in [4.78, 5) is 24.4. The molecule has 0 spiro atoms. The number of hydrogen-bond acceptors (Lipinski definition) is 7. The predicted molar refractivity (Wildman–Crippen MR) is 120 cm³/mol. The van der Waals surface area contributed by atoms with Gasteiger partial charge in [-0.2, -0.15) is 0 Å². The first kappa shape index (κ1) is 24.9. The van der Waals surface area contributed by atoms with E-state index in [9.17, 15) is 14.7 Å². The zero-order valence-corrected chi connectivity index (χ0v) is 18.4. The number of nitrogens with one attached hydrogen (secondary N) is 2. The number of esters is 1. The molecule has 6 N–H and O–H groups in total. The Balaban J connectivity index is 2.00. The molecule has 31 heavy (non-hydrogen) atoms. The van der Waals surface area contributed by atoms with Gasteiger partial charge in [0.05, 0.1) is 34.9 Å². The number of ether oxygens (including phenoxy) is 1. The van der Waals surface area contributed by atoms with Crippen LogP contribution < -0.4 is 16.4 Å². The van der Waals surface area contributed by atoms with Crippen LogP contribution >= 0.6 is 23.2 Å². The second kappa shape index (κ2) is 11.9. The lowest BCUT2D eigenvalue weighted by Gasteiger charge is -2.21. The van der Waals surface area contributed by atoms with E-state index in [-0.39, 0.29) is 13.0 Å². The summed E-state index contributed by atoms with van der Waals surface area (Å²) in [5.74, 6) is -1.19. The van der Waals surface area contributed by atoms with E-state index in [2.05, 4.69) is 10.6 Å². The summed E-state index contributed by atoms with van der Waals surface area (Å²) in [7, 11) is 0. The Morgan fingerprint density at radius 2 is 1.77 bits per heavy atom. The summed E-state index contributed by atoms with van der Waals surface area (Å²) >= 11 is 12.4. The average molecular weight is 470 g/mol. The fraction of sp³-hybridized carbons (Fsp3) is 0.333. The predicted octanol–water partition coefficient (Wildman–Crippen LogP) is 2.01. The van der Waals surface area contributed by atoms with Crippen molar-refractivity contribution in [2.75, 3.05) is 18.5 Å². The van der Waals surface area contributed by atoms with Gasteiger partial charge in [-0.05, 0) is 30.7 Å². The lowest BCUT2D eigenvalue weighted by Crippen LogP contribution is -2.50. The molecule has 168 valence electrons. The van der Waals surface area contributed by atoms with Gasteiger partial charge in [0.15, 0.2) is 0 Å². The van der Waals surface area contributed by atoms with Gasteiger partial charge in [-0.25, -0.2) is 0 Å². The number of carbonyl (C=O) groups is 2. The molecule has 3 atom stereocenters. The number of rotatable bonds is 10. The van der Waals surface area contributed by atoms with Crippen LogP contribution in [0.25, 0.3) is 0 Å². The van der Waals surface area contributed by atoms with Crippen LogP contribution in [-0.4, -0.2) is 53.5 Å². The number of aliphatic hydroxyl groups excluding tert-OH is 2. The van der Waals surface area contributed by atoms with Crippen LogP contribution in [0, 0.1) is 0 Å². The Morgan fingerprint density at radius 3 is 2.42 bits per heavy atom. The number of anilines is 2.